The summed E-state index contributed by atoms with van der Waals surface area (Å²) in [4.78, 5) is 27.5. The van der Waals surface area contributed by atoms with E-state index in [1.807, 2.05) is 60.9 Å². The van der Waals surface area contributed by atoms with Crippen molar-refractivity contribution in [3.63, 3.8) is 0 Å². The van der Waals surface area contributed by atoms with Crippen molar-refractivity contribution in [2.45, 2.75) is 0 Å². The summed E-state index contributed by atoms with van der Waals surface area (Å²) in [6.07, 6.45) is 4.06. The van der Waals surface area contributed by atoms with Gasteiger partial charge in [0.1, 0.15) is 0 Å². The zero-order valence-corrected chi connectivity index (χ0v) is 17.2. The molecule has 11 heteroatoms. The second kappa shape index (κ2) is 10.3. The molecule has 0 bridgehead atoms. The molecule has 0 aliphatic rings. The van der Waals surface area contributed by atoms with Crippen LogP contribution in [0.5, 0.6) is 5.75 Å². The molecule has 0 spiro atoms. The highest BCUT2D eigenvalue weighted by Crippen LogP contribution is 2.36. The molecule has 0 aliphatic carbocycles. The minimum Gasteiger partial charge on any atom is -0.863 e. The molecule has 4 aromatic rings. The molecular weight excluding hydrogens is 444 g/mol. The summed E-state index contributed by atoms with van der Waals surface area (Å²) in [5.41, 5.74) is -0.0412. The molecular formula is C23H14N4O7. The Bertz CT molecular complexity index is 1430. The molecule has 2 aromatic carbocycles. The highest BCUT2D eigenvalue weighted by molar-refractivity contribution is 5.64. The molecule has 0 unspecified atom stereocenters. The maximum absolute atomic E-state index is 11.1. The van der Waals surface area contributed by atoms with Crippen LogP contribution >= 0.6 is 0 Å². The van der Waals surface area contributed by atoms with Crippen molar-refractivity contribution in [1.82, 2.24) is 0 Å². The molecule has 11 nitrogen and oxygen atoms in total. The number of nitro benzene ring substituents is 3. The van der Waals surface area contributed by atoms with Gasteiger partial charge in [-0.05, 0) is 18.2 Å². The van der Waals surface area contributed by atoms with E-state index in [0.29, 0.717) is 12.1 Å². The standard InChI is InChI=1S/C17H12N.C6H3N3O7/c1-2-6-15(7-3-1)9-10-16-11-13-18-12-5-4-8-17(18)14-16;10-6-4(8(13)14)1-3(7(11)12)2-5(6)9(15)16/h1-8,11-14H;1-2,10H/q+1;/p-1. The van der Waals surface area contributed by atoms with Crippen LogP contribution in [0.1, 0.15) is 11.1 Å². The molecule has 0 atom stereocenters. The third kappa shape index (κ3) is 5.65. The third-order valence-electron chi connectivity index (χ3n) is 4.40. The minimum atomic E-state index is -1.46. The number of rotatable bonds is 3. The summed E-state index contributed by atoms with van der Waals surface area (Å²) in [5, 5.41) is 42.1. The molecule has 0 amide bonds. The number of benzene rings is 2. The molecule has 4 rings (SSSR count). The lowest BCUT2D eigenvalue weighted by molar-refractivity contribution is -0.512. The maximum atomic E-state index is 11.1. The molecule has 0 saturated carbocycles. The smallest absolute Gasteiger partial charge is 0.283 e. The van der Waals surface area contributed by atoms with Crippen molar-refractivity contribution >= 4 is 22.6 Å². The van der Waals surface area contributed by atoms with E-state index in [4.69, 9.17) is 0 Å². The summed E-state index contributed by atoms with van der Waals surface area (Å²) < 4.78 is 2.08. The van der Waals surface area contributed by atoms with Gasteiger partial charge in [0.15, 0.2) is 12.4 Å². The average molecular weight is 458 g/mol. The van der Waals surface area contributed by atoms with Gasteiger partial charge in [0.25, 0.3) is 17.1 Å². The van der Waals surface area contributed by atoms with Gasteiger partial charge in [-0.2, -0.15) is 4.40 Å². The van der Waals surface area contributed by atoms with Crippen LogP contribution in [0.3, 0.4) is 0 Å². The Morgan fingerprint density at radius 2 is 1.24 bits per heavy atom. The molecule has 34 heavy (non-hydrogen) atoms. The first kappa shape index (κ1) is 23.3. The Balaban J connectivity index is 0.000000192. The first-order valence-electron chi connectivity index (χ1n) is 9.51. The molecule has 0 saturated heterocycles. The largest absolute Gasteiger partial charge is 0.863 e. The summed E-state index contributed by atoms with van der Waals surface area (Å²) in [6.45, 7) is 0. The lowest BCUT2D eigenvalue weighted by Gasteiger charge is -2.06. The van der Waals surface area contributed by atoms with Crippen LogP contribution in [0.15, 0.2) is 85.2 Å². The Labute approximate surface area is 191 Å². The van der Waals surface area contributed by atoms with Gasteiger partial charge >= 0.3 is 0 Å². The SMILES string of the molecule is C(#Cc1cc[n+]2ccccc2c1)c1ccccc1.O=[N+]([O-])c1cc([N+](=O)[O-])c([O-])c([N+](=O)[O-])c1. The van der Waals surface area contributed by atoms with Crippen LogP contribution in [-0.2, 0) is 0 Å². The third-order valence-corrected chi connectivity index (χ3v) is 4.40. The summed E-state index contributed by atoms with van der Waals surface area (Å²) in [7, 11) is 0. The molecule has 2 aromatic heterocycles. The first-order valence-corrected chi connectivity index (χ1v) is 9.51. The van der Waals surface area contributed by atoms with Crippen LogP contribution in [0, 0.1) is 42.2 Å². The van der Waals surface area contributed by atoms with Crippen molar-refractivity contribution in [2.24, 2.45) is 0 Å². The molecule has 0 N–H and O–H groups in total. The Morgan fingerprint density at radius 1 is 0.647 bits per heavy atom. The highest BCUT2D eigenvalue weighted by Gasteiger charge is 2.24. The second-order valence-electron chi connectivity index (χ2n) is 6.65. The van der Waals surface area contributed by atoms with Gasteiger partial charge in [-0.1, -0.05) is 30.0 Å². The predicted molar refractivity (Wildman–Crippen MR) is 118 cm³/mol. The Kier molecular flexibility index (Phi) is 7.05. The van der Waals surface area contributed by atoms with E-state index in [1.54, 1.807) is 0 Å². The zero-order valence-electron chi connectivity index (χ0n) is 17.2. The van der Waals surface area contributed by atoms with Gasteiger partial charge in [0.05, 0.1) is 32.7 Å². The van der Waals surface area contributed by atoms with Crippen LogP contribution in [-0.4, -0.2) is 14.8 Å². The fourth-order valence-corrected chi connectivity index (χ4v) is 2.80. The quantitative estimate of drug-likeness (QED) is 0.197. The Hall–Kier alpha value is -5.37. The normalized spacial score (nSPS) is 9.76. The number of hydrogen-bond donors (Lipinski definition) is 0. The first-order chi connectivity index (χ1) is 16.3. The average Bonchev–Trinajstić information content (AvgIpc) is 2.83. The van der Waals surface area contributed by atoms with Crippen LogP contribution in [0.25, 0.3) is 5.52 Å². The number of fused-ring (bicyclic) bond motifs is 1. The van der Waals surface area contributed by atoms with Crippen molar-refractivity contribution in [3.8, 4) is 17.6 Å². The van der Waals surface area contributed by atoms with Gasteiger partial charge in [-0.15, -0.1) is 0 Å². The van der Waals surface area contributed by atoms with E-state index in [0.717, 1.165) is 16.6 Å². The number of non-ortho nitro benzene ring substituents is 1. The van der Waals surface area contributed by atoms with Gasteiger partial charge in [0, 0.05) is 35.4 Å². The van der Waals surface area contributed by atoms with E-state index < -0.39 is 37.6 Å². The van der Waals surface area contributed by atoms with Crippen LogP contribution in [0.2, 0.25) is 0 Å². The van der Waals surface area contributed by atoms with Gasteiger partial charge in [-0.25, -0.2) is 0 Å². The number of aromatic nitrogens is 1. The van der Waals surface area contributed by atoms with Gasteiger partial charge in [0.2, 0.25) is 5.52 Å². The number of hydrogen-bond acceptors (Lipinski definition) is 7. The van der Waals surface area contributed by atoms with Crippen LogP contribution < -0.4 is 9.51 Å². The van der Waals surface area contributed by atoms with Crippen molar-refractivity contribution in [1.29, 1.82) is 0 Å². The van der Waals surface area contributed by atoms with Crippen molar-refractivity contribution in [2.75, 3.05) is 0 Å². The lowest BCUT2D eigenvalue weighted by Crippen LogP contribution is -2.19. The molecule has 2 heterocycles. The lowest BCUT2D eigenvalue weighted by atomic mass is 10.2. The zero-order chi connectivity index (χ0) is 24.7. The molecule has 0 radical (unpaired) electrons. The fraction of sp³-hybridized carbons (Fsp3) is 0. The molecule has 0 aliphatic heterocycles. The van der Waals surface area contributed by atoms with Crippen LogP contribution in [0.4, 0.5) is 17.1 Å². The number of nitrogens with zero attached hydrogens (tertiary/aromatic N) is 4. The van der Waals surface area contributed by atoms with Crippen molar-refractivity contribution in [3.05, 3.63) is 127 Å². The van der Waals surface area contributed by atoms with Gasteiger partial charge < -0.3 is 5.11 Å². The van der Waals surface area contributed by atoms with E-state index in [9.17, 15) is 35.4 Å². The Morgan fingerprint density at radius 3 is 1.82 bits per heavy atom. The van der Waals surface area contributed by atoms with Crippen molar-refractivity contribution < 1.29 is 24.3 Å². The highest BCUT2D eigenvalue weighted by atomic mass is 16.6. The predicted octanol–water partition coefficient (Wildman–Crippen LogP) is 3.31. The topological polar surface area (TPSA) is 157 Å². The van der Waals surface area contributed by atoms with E-state index in [-0.39, 0.29) is 0 Å². The van der Waals surface area contributed by atoms with Gasteiger partial charge in [-0.3, -0.25) is 30.3 Å². The molecule has 168 valence electrons. The second-order valence-corrected chi connectivity index (χ2v) is 6.65. The number of pyridine rings is 2. The number of nitro groups is 3. The maximum Gasteiger partial charge on any atom is 0.283 e. The summed E-state index contributed by atoms with van der Waals surface area (Å²) >= 11 is 0. The summed E-state index contributed by atoms with van der Waals surface area (Å²) in [5.74, 6) is 4.90. The minimum absolute atomic E-state index is 0.384. The summed E-state index contributed by atoms with van der Waals surface area (Å²) in [6, 6.07) is 21.0. The van der Waals surface area contributed by atoms with E-state index >= 15 is 0 Å². The van der Waals surface area contributed by atoms with E-state index in [2.05, 4.69) is 28.4 Å². The fourth-order valence-electron chi connectivity index (χ4n) is 2.80. The molecule has 0 fully saturated rings. The van der Waals surface area contributed by atoms with E-state index in [1.165, 1.54) is 0 Å². The monoisotopic (exact) mass is 458 g/mol.